The zero-order chi connectivity index (χ0) is 22.1. The minimum atomic E-state index is -0.143. The average molecular weight is 505 g/mol. The highest BCUT2D eigenvalue weighted by Gasteiger charge is 2.41. The van der Waals surface area contributed by atoms with Crippen LogP contribution in [0.5, 0.6) is 0 Å². The van der Waals surface area contributed by atoms with E-state index in [-0.39, 0.29) is 12.1 Å². The second kappa shape index (κ2) is 8.84. The first-order chi connectivity index (χ1) is 15.6. The normalized spacial score (nSPS) is 18.1. The molecule has 0 saturated carbocycles. The van der Waals surface area contributed by atoms with Crippen LogP contribution >= 0.6 is 28.1 Å². The number of hydrogen-bond acceptors (Lipinski definition) is 4. The van der Waals surface area contributed by atoms with Gasteiger partial charge < -0.3 is 14.6 Å². The van der Waals surface area contributed by atoms with Crippen molar-refractivity contribution in [3.05, 3.63) is 106 Å². The number of nitrogens with one attached hydrogen (secondary N) is 1. The molecule has 1 aliphatic heterocycles. The number of benzene rings is 1. The Morgan fingerprint density at radius 1 is 1.09 bits per heavy atom. The van der Waals surface area contributed by atoms with Crippen molar-refractivity contribution in [3.8, 4) is 11.3 Å². The monoisotopic (exact) mass is 504 g/mol. The summed E-state index contributed by atoms with van der Waals surface area (Å²) in [7, 11) is 0. The SMILES string of the molecule is Cc1ccc(-c2ccc([C@H]3[C@H](c4ccccn4)NC(=S)N3Cc3cccnc3)o2)c(Br)c1. The fourth-order valence-corrected chi connectivity index (χ4v) is 5.04. The summed E-state index contributed by atoms with van der Waals surface area (Å²) in [5.41, 5.74) is 4.21. The van der Waals surface area contributed by atoms with E-state index in [2.05, 4.69) is 67.3 Å². The smallest absolute Gasteiger partial charge is 0.170 e. The van der Waals surface area contributed by atoms with Crippen molar-refractivity contribution in [1.82, 2.24) is 20.2 Å². The molecule has 2 atom stereocenters. The quantitative estimate of drug-likeness (QED) is 0.337. The highest BCUT2D eigenvalue weighted by Crippen LogP contribution is 2.42. The van der Waals surface area contributed by atoms with Crippen LogP contribution in [0, 0.1) is 6.92 Å². The standard InChI is InChI=1S/C25H21BrN4OS/c1-16-7-8-18(19(26)13-16)21-9-10-22(31-21)24-23(20-6-2-3-12-28-20)29-25(32)30(24)15-17-5-4-11-27-14-17/h2-14,23-24H,15H2,1H3,(H,29,32)/t23-,24-/m0/s1. The molecule has 32 heavy (non-hydrogen) atoms. The fourth-order valence-electron chi connectivity index (χ4n) is 4.05. The van der Waals surface area contributed by atoms with Crippen molar-refractivity contribution < 1.29 is 4.42 Å². The molecule has 5 rings (SSSR count). The first-order valence-corrected chi connectivity index (χ1v) is 11.5. The van der Waals surface area contributed by atoms with Gasteiger partial charge in [-0.15, -0.1) is 0 Å². The molecule has 1 aromatic carbocycles. The van der Waals surface area contributed by atoms with E-state index in [1.54, 1.807) is 12.4 Å². The molecule has 3 aromatic heterocycles. The summed E-state index contributed by atoms with van der Waals surface area (Å²) in [6.45, 7) is 2.69. The van der Waals surface area contributed by atoms with Crippen LogP contribution < -0.4 is 5.32 Å². The molecule has 160 valence electrons. The second-order valence-corrected chi connectivity index (χ2v) is 9.04. The highest BCUT2D eigenvalue weighted by atomic mass is 79.9. The van der Waals surface area contributed by atoms with E-state index in [0.717, 1.165) is 32.8 Å². The number of rotatable bonds is 5. The molecule has 1 fully saturated rings. The van der Waals surface area contributed by atoms with Crippen molar-refractivity contribution in [1.29, 1.82) is 0 Å². The zero-order valence-electron chi connectivity index (χ0n) is 17.4. The van der Waals surface area contributed by atoms with Gasteiger partial charge in [0.15, 0.2) is 5.11 Å². The van der Waals surface area contributed by atoms with Gasteiger partial charge in [0.2, 0.25) is 0 Å². The van der Waals surface area contributed by atoms with Gasteiger partial charge in [0.1, 0.15) is 17.6 Å². The van der Waals surface area contributed by atoms with Crippen LogP contribution in [0.4, 0.5) is 0 Å². The Hall–Kier alpha value is -3.03. The Labute approximate surface area is 200 Å². The first-order valence-electron chi connectivity index (χ1n) is 10.3. The summed E-state index contributed by atoms with van der Waals surface area (Å²) in [5, 5.41) is 4.13. The predicted molar refractivity (Wildman–Crippen MR) is 132 cm³/mol. The number of aromatic nitrogens is 2. The van der Waals surface area contributed by atoms with Gasteiger partial charge in [0, 0.05) is 35.2 Å². The number of thiocarbonyl (C=S) groups is 1. The number of halogens is 1. The Morgan fingerprint density at radius 2 is 2.00 bits per heavy atom. The van der Waals surface area contributed by atoms with E-state index >= 15 is 0 Å². The lowest BCUT2D eigenvalue weighted by Gasteiger charge is -2.26. The zero-order valence-corrected chi connectivity index (χ0v) is 19.8. The van der Waals surface area contributed by atoms with Crippen molar-refractivity contribution in [2.24, 2.45) is 0 Å². The third kappa shape index (κ3) is 4.06. The van der Waals surface area contributed by atoms with Crippen LogP contribution in [0.2, 0.25) is 0 Å². The molecule has 4 heterocycles. The molecule has 0 amide bonds. The minimum absolute atomic E-state index is 0.124. The molecule has 0 spiro atoms. The molecule has 0 bridgehead atoms. The van der Waals surface area contributed by atoms with Gasteiger partial charge in [-0.05, 0) is 72.7 Å². The van der Waals surface area contributed by atoms with E-state index in [9.17, 15) is 0 Å². The third-order valence-corrected chi connectivity index (χ3v) is 6.59. The van der Waals surface area contributed by atoms with Crippen LogP contribution in [0.25, 0.3) is 11.3 Å². The predicted octanol–water partition coefficient (Wildman–Crippen LogP) is 5.98. The molecular weight excluding hydrogens is 484 g/mol. The molecule has 0 radical (unpaired) electrons. The van der Waals surface area contributed by atoms with Gasteiger partial charge in [-0.1, -0.05) is 34.1 Å². The van der Waals surface area contributed by atoms with Crippen LogP contribution in [0.3, 0.4) is 0 Å². The van der Waals surface area contributed by atoms with Crippen LogP contribution in [-0.4, -0.2) is 20.0 Å². The maximum absolute atomic E-state index is 6.43. The number of aryl methyl sites for hydroxylation is 1. The largest absolute Gasteiger partial charge is 0.459 e. The summed E-state index contributed by atoms with van der Waals surface area (Å²) in [5.74, 6) is 1.64. The van der Waals surface area contributed by atoms with Crippen LogP contribution in [0.1, 0.15) is 34.7 Å². The summed E-state index contributed by atoms with van der Waals surface area (Å²) in [6, 6.07) is 19.9. The van der Waals surface area contributed by atoms with Crippen molar-refractivity contribution >= 4 is 33.3 Å². The molecule has 0 unspecified atom stereocenters. The summed E-state index contributed by atoms with van der Waals surface area (Å²) in [4.78, 5) is 11.0. The van der Waals surface area contributed by atoms with E-state index < -0.39 is 0 Å². The van der Waals surface area contributed by atoms with Gasteiger partial charge in [-0.25, -0.2) is 0 Å². The first kappa shape index (κ1) is 20.8. The average Bonchev–Trinajstić information content (AvgIpc) is 3.40. The molecule has 0 aliphatic carbocycles. The number of nitrogens with zero attached hydrogens (tertiary/aromatic N) is 3. The Balaban J connectivity index is 1.55. The number of furan rings is 1. The van der Waals surface area contributed by atoms with Gasteiger partial charge in [-0.2, -0.15) is 0 Å². The summed E-state index contributed by atoms with van der Waals surface area (Å²) < 4.78 is 7.43. The van der Waals surface area contributed by atoms with Crippen LogP contribution in [0.15, 0.2) is 88.1 Å². The van der Waals surface area contributed by atoms with E-state index in [0.29, 0.717) is 11.7 Å². The highest BCUT2D eigenvalue weighted by molar-refractivity contribution is 9.10. The van der Waals surface area contributed by atoms with Gasteiger partial charge >= 0.3 is 0 Å². The Bertz CT molecular complexity index is 1250. The molecule has 5 nitrogen and oxygen atoms in total. The second-order valence-electron chi connectivity index (χ2n) is 7.80. The van der Waals surface area contributed by atoms with E-state index in [4.69, 9.17) is 16.6 Å². The topological polar surface area (TPSA) is 54.2 Å². The summed E-state index contributed by atoms with van der Waals surface area (Å²) >= 11 is 9.42. The van der Waals surface area contributed by atoms with E-state index in [1.807, 2.05) is 42.6 Å². The number of pyridine rings is 2. The maximum atomic E-state index is 6.43. The van der Waals surface area contributed by atoms with Gasteiger partial charge in [0.05, 0.1) is 11.7 Å². The Kier molecular flexibility index (Phi) is 5.76. The lowest BCUT2D eigenvalue weighted by molar-refractivity contribution is 0.269. The maximum Gasteiger partial charge on any atom is 0.170 e. The number of hydrogen-bond donors (Lipinski definition) is 1. The lowest BCUT2D eigenvalue weighted by atomic mass is 10.0. The minimum Gasteiger partial charge on any atom is -0.459 e. The van der Waals surface area contributed by atoms with Crippen molar-refractivity contribution in [2.45, 2.75) is 25.6 Å². The van der Waals surface area contributed by atoms with E-state index in [1.165, 1.54) is 5.56 Å². The van der Waals surface area contributed by atoms with Gasteiger partial charge in [-0.3, -0.25) is 9.97 Å². The van der Waals surface area contributed by atoms with Crippen molar-refractivity contribution in [3.63, 3.8) is 0 Å². The van der Waals surface area contributed by atoms with Crippen molar-refractivity contribution in [2.75, 3.05) is 0 Å². The molecule has 1 N–H and O–H groups in total. The molecular formula is C25H21BrN4OS. The van der Waals surface area contributed by atoms with Crippen LogP contribution in [-0.2, 0) is 6.54 Å². The Morgan fingerprint density at radius 3 is 2.75 bits per heavy atom. The molecule has 1 aliphatic rings. The lowest BCUT2D eigenvalue weighted by Crippen LogP contribution is -2.29. The third-order valence-electron chi connectivity index (χ3n) is 5.58. The summed E-state index contributed by atoms with van der Waals surface area (Å²) in [6.07, 6.45) is 5.44. The molecule has 7 heteroatoms. The van der Waals surface area contributed by atoms with Gasteiger partial charge in [0.25, 0.3) is 0 Å². The molecule has 4 aromatic rings. The fraction of sp³-hybridized carbons (Fsp3) is 0.160. The molecule has 1 saturated heterocycles.